The number of fused-ring (bicyclic) bond motifs is 1. The van der Waals surface area contributed by atoms with Gasteiger partial charge in [0.2, 0.25) is 11.8 Å². The molecule has 1 fully saturated rings. The van der Waals surface area contributed by atoms with Crippen molar-refractivity contribution in [2.75, 3.05) is 18.4 Å². The number of pyridine rings is 1. The number of rotatable bonds is 7. The van der Waals surface area contributed by atoms with Crippen LogP contribution in [0.15, 0.2) is 52.6 Å². The van der Waals surface area contributed by atoms with E-state index in [0.717, 1.165) is 18.9 Å². The molecule has 0 bridgehead atoms. The highest BCUT2D eigenvalue weighted by Crippen LogP contribution is 2.51. The van der Waals surface area contributed by atoms with E-state index in [4.69, 9.17) is 14.9 Å². The second-order valence-electron chi connectivity index (χ2n) is 10.9. The molecule has 3 atom stereocenters. The minimum atomic E-state index is -1.34. The van der Waals surface area contributed by atoms with Gasteiger partial charge in [0.05, 0.1) is 23.4 Å². The van der Waals surface area contributed by atoms with Crippen LogP contribution >= 0.6 is 11.8 Å². The highest BCUT2D eigenvalue weighted by molar-refractivity contribution is 8.15. The molecular weight excluding hydrogens is 578 g/mol. The van der Waals surface area contributed by atoms with E-state index in [-0.39, 0.29) is 34.8 Å². The van der Waals surface area contributed by atoms with Gasteiger partial charge in [0.15, 0.2) is 29.2 Å². The van der Waals surface area contributed by atoms with Crippen LogP contribution in [0.5, 0.6) is 5.75 Å². The van der Waals surface area contributed by atoms with E-state index in [1.54, 1.807) is 19.9 Å². The zero-order chi connectivity index (χ0) is 30.4. The fourth-order valence-electron chi connectivity index (χ4n) is 5.68. The number of nitrogens with two attached hydrogens (primary N) is 1. The first-order valence-electron chi connectivity index (χ1n) is 13.8. The normalized spacial score (nSPS) is 23.8. The maximum absolute atomic E-state index is 15.6. The minimum absolute atomic E-state index is 0.0280. The predicted octanol–water partition coefficient (Wildman–Crippen LogP) is 4.91. The SMILES string of the molecule is C[C@@H]1[C@@](C)(C(=O)N2CCCC2)SC(N)=N[C@]1(C)c1cc(Nc2ncnc3cc(OCc4ncco4)cnc23)cc(F)c1F. The summed E-state index contributed by atoms with van der Waals surface area (Å²) in [6.07, 6.45) is 7.65. The van der Waals surface area contributed by atoms with Crippen molar-refractivity contribution in [3.05, 3.63) is 66.3 Å². The molecule has 1 amide bonds. The Morgan fingerprint density at radius 1 is 1.19 bits per heavy atom. The Morgan fingerprint density at radius 3 is 2.72 bits per heavy atom. The number of carbonyl (C=O) groups is 1. The number of likely N-dealkylation sites (tertiary alicyclic amines) is 1. The third-order valence-corrected chi connectivity index (χ3v) is 9.53. The van der Waals surface area contributed by atoms with Gasteiger partial charge in [0.25, 0.3) is 0 Å². The number of carbonyl (C=O) groups excluding carboxylic acids is 1. The molecule has 6 rings (SSSR count). The molecule has 0 aliphatic carbocycles. The summed E-state index contributed by atoms with van der Waals surface area (Å²) in [6, 6.07) is 4.19. The molecule has 224 valence electrons. The van der Waals surface area contributed by atoms with E-state index in [1.165, 1.54) is 42.8 Å². The molecule has 14 heteroatoms. The standard InChI is InChI=1S/C29H30F2N8O3S/c1-16-28(2,38-27(32)43-29(16,3)26(40)39-7-4-5-8-39)19-10-17(11-20(30)23(19)31)37-25-24-21(35-15-36-25)12-18(13-34-24)42-14-22-33-6-9-41-22/h6,9-13,15-16H,4-5,7-8,14H2,1-3H3,(H2,32,38)(H,35,36,37)/t16-,28-,29-/m0/s1. The number of thioether (sulfide) groups is 1. The lowest BCUT2D eigenvalue weighted by Crippen LogP contribution is -2.56. The van der Waals surface area contributed by atoms with Crippen molar-refractivity contribution in [2.24, 2.45) is 16.6 Å². The van der Waals surface area contributed by atoms with Crippen LogP contribution in [0.25, 0.3) is 11.0 Å². The molecule has 5 heterocycles. The van der Waals surface area contributed by atoms with Crippen LogP contribution in [-0.4, -0.2) is 53.7 Å². The molecular formula is C29H30F2N8O3S. The number of aromatic nitrogens is 4. The molecule has 11 nitrogen and oxygen atoms in total. The number of amides is 1. The van der Waals surface area contributed by atoms with Gasteiger partial charge >= 0.3 is 0 Å². The zero-order valence-corrected chi connectivity index (χ0v) is 24.6. The summed E-state index contributed by atoms with van der Waals surface area (Å²) in [5.74, 6) is -1.64. The summed E-state index contributed by atoms with van der Waals surface area (Å²) in [4.78, 5) is 37.1. The van der Waals surface area contributed by atoms with Crippen LogP contribution in [0, 0.1) is 17.6 Å². The zero-order valence-electron chi connectivity index (χ0n) is 23.8. The van der Waals surface area contributed by atoms with E-state index in [2.05, 4.69) is 30.2 Å². The average molecular weight is 609 g/mol. The lowest BCUT2D eigenvalue weighted by atomic mass is 9.73. The molecule has 0 spiro atoms. The monoisotopic (exact) mass is 608 g/mol. The van der Waals surface area contributed by atoms with E-state index in [0.29, 0.717) is 35.8 Å². The van der Waals surface area contributed by atoms with Gasteiger partial charge in [-0.2, -0.15) is 0 Å². The van der Waals surface area contributed by atoms with Crippen molar-refractivity contribution in [1.29, 1.82) is 0 Å². The Hall–Kier alpha value is -4.33. The Bertz CT molecular complexity index is 1720. The Morgan fingerprint density at radius 2 is 1.98 bits per heavy atom. The van der Waals surface area contributed by atoms with Crippen LogP contribution in [0.1, 0.15) is 45.1 Å². The highest BCUT2D eigenvalue weighted by Gasteiger charge is 2.55. The Balaban J connectivity index is 1.32. The number of benzene rings is 1. The molecule has 4 aromatic rings. The topological polar surface area (TPSA) is 145 Å². The summed E-state index contributed by atoms with van der Waals surface area (Å²) in [7, 11) is 0. The third-order valence-electron chi connectivity index (χ3n) is 8.28. The van der Waals surface area contributed by atoms with Crippen molar-refractivity contribution in [3.8, 4) is 5.75 Å². The summed E-state index contributed by atoms with van der Waals surface area (Å²) in [5.41, 5.74) is 5.95. The van der Waals surface area contributed by atoms with Gasteiger partial charge in [-0.15, -0.1) is 0 Å². The number of oxazole rings is 1. The van der Waals surface area contributed by atoms with Gasteiger partial charge in [-0.3, -0.25) is 9.79 Å². The van der Waals surface area contributed by atoms with Crippen LogP contribution in [0.3, 0.4) is 0 Å². The molecule has 3 N–H and O–H groups in total. The number of nitrogens with zero attached hydrogens (tertiary/aromatic N) is 6. The number of nitrogens with one attached hydrogen (secondary N) is 1. The number of anilines is 2. The smallest absolute Gasteiger partial charge is 0.239 e. The van der Waals surface area contributed by atoms with E-state index < -0.39 is 27.8 Å². The third kappa shape index (κ3) is 5.24. The van der Waals surface area contributed by atoms with Crippen LogP contribution < -0.4 is 15.8 Å². The second-order valence-corrected chi connectivity index (χ2v) is 12.4. The fourth-order valence-corrected chi connectivity index (χ4v) is 6.97. The van der Waals surface area contributed by atoms with Crippen molar-refractivity contribution in [2.45, 2.75) is 50.5 Å². The lowest BCUT2D eigenvalue weighted by Gasteiger charge is -2.47. The summed E-state index contributed by atoms with van der Waals surface area (Å²) in [6.45, 7) is 6.75. The van der Waals surface area contributed by atoms with E-state index in [9.17, 15) is 4.79 Å². The van der Waals surface area contributed by atoms with Gasteiger partial charge in [-0.25, -0.2) is 28.7 Å². The largest absolute Gasteiger partial charge is 0.482 e. The highest BCUT2D eigenvalue weighted by atomic mass is 32.2. The number of hydrogen-bond acceptors (Lipinski definition) is 11. The molecule has 0 saturated carbocycles. The fraction of sp³-hybridized carbons (Fsp3) is 0.379. The van der Waals surface area contributed by atoms with Crippen LogP contribution in [-0.2, 0) is 16.9 Å². The molecule has 1 saturated heterocycles. The molecule has 1 aromatic carbocycles. The van der Waals surface area contributed by atoms with Crippen LogP contribution in [0.4, 0.5) is 20.3 Å². The van der Waals surface area contributed by atoms with Crippen molar-refractivity contribution < 1.29 is 22.7 Å². The van der Waals surface area contributed by atoms with Crippen LogP contribution in [0.2, 0.25) is 0 Å². The van der Waals surface area contributed by atoms with Crippen molar-refractivity contribution >= 4 is 45.4 Å². The number of halogens is 2. The number of aliphatic imine (C=N–C) groups is 1. The number of ether oxygens (including phenoxy) is 1. The maximum atomic E-state index is 15.6. The number of hydrogen-bond donors (Lipinski definition) is 2. The van der Waals surface area contributed by atoms with Crippen molar-refractivity contribution in [1.82, 2.24) is 24.8 Å². The number of amidine groups is 1. The first kappa shape index (κ1) is 28.8. The summed E-state index contributed by atoms with van der Waals surface area (Å²) in [5, 5.41) is 3.19. The summed E-state index contributed by atoms with van der Waals surface area (Å²) < 4.78 is 40.6. The Kier molecular flexibility index (Phi) is 7.40. The molecule has 43 heavy (non-hydrogen) atoms. The first-order chi connectivity index (χ1) is 20.6. The molecule has 0 unspecified atom stereocenters. The molecule has 3 aromatic heterocycles. The summed E-state index contributed by atoms with van der Waals surface area (Å²) >= 11 is 1.17. The quantitative estimate of drug-likeness (QED) is 0.297. The van der Waals surface area contributed by atoms with Gasteiger partial charge in [-0.05, 0) is 32.8 Å². The first-order valence-corrected chi connectivity index (χ1v) is 14.6. The average Bonchev–Trinajstić information content (AvgIpc) is 3.71. The van der Waals surface area contributed by atoms with E-state index >= 15 is 8.78 Å². The second kappa shape index (κ2) is 11.1. The van der Waals surface area contributed by atoms with Gasteiger partial charge in [0.1, 0.15) is 28.6 Å². The molecule has 0 radical (unpaired) electrons. The van der Waals surface area contributed by atoms with Crippen molar-refractivity contribution in [3.63, 3.8) is 0 Å². The Labute approximate surface area is 250 Å². The van der Waals surface area contributed by atoms with Gasteiger partial charge in [-0.1, -0.05) is 18.7 Å². The molecule has 2 aliphatic rings. The molecule has 2 aliphatic heterocycles. The maximum Gasteiger partial charge on any atom is 0.239 e. The lowest BCUT2D eigenvalue weighted by molar-refractivity contribution is -0.134. The predicted molar refractivity (Wildman–Crippen MR) is 158 cm³/mol. The van der Waals surface area contributed by atoms with Gasteiger partial charge in [0, 0.05) is 42.4 Å². The van der Waals surface area contributed by atoms with E-state index in [1.807, 2.05) is 11.8 Å². The minimum Gasteiger partial charge on any atom is -0.482 e. The van der Waals surface area contributed by atoms with Gasteiger partial charge < -0.3 is 25.1 Å².